The summed E-state index contributed by atoms with van der Waals surface area (Å²) >= 11 is 0. The average molecular weight is 249 g/mol. The van der Waals surface area contributed by atoms with Crippen LogP contribution in [0.1, 0.15) is 11.3 Å². The Hall–Kier alpha value is -2.87. The maximum Gasteiger partial charge on any atom is 0.233 e. The average Bonchev–Trinajstić information content (AvgIpc) is 2.88. The predicted molar refractivity (Wildman–Crippen MR) is 71.5 cm³/mol. The fourth-order valence-corrected chi connectivity index (χ4v) is 1.82. The van der Waals surface area contributed by atoms with Gasteiger partial charge in [-0.05, 0) is 30.3 Å². The van der Waals surface area contributed by atoms with E-state index < -0.39 is 0 Å². The molecule has 1 aromatic carbocycles. The first-order chi connectivity index (χ1) is 9.35. The largest absolute Gasteiger partial charge is 0.379 e. The third-order valence-corrected chi connectivity index (χ3v) is 2.77. The fraction of sp³-hybridized carbons (Fsp3) is 0.0714. The van der Waals surface area contributed by atoms with Gasteiger partial charge in [-0.2, -0.15) is 5.26 Å². The fourth-order valence-electron chi connectivity index (χ4n) is 1.82. The quantitative estimate of drug-likeness (QED) is 0.772. The Morgan fingerprint density at radius 3 is 2.84 bits per heavy atom. The summed E-state index contributed by atoms with van der Waals surface area (Å²) in [6, 6.07) is 11.3. The van der Waals surface area contributed by atoms with E-state index in [4.69, 9.17) is 5.26 Å². The molecule has 92 valence electrons. The number of rotatable bonds is 3. The van der Waals surface area contributed by atoms with Gasteiger partial charge in [0.1, 0.15) is 0 Å². The van der Waals surface area contributed by atoms with Gasteiger partial charge < -0.3 is 5.32 Å². The second kappa shape index (κ2) is 4.78. The standard InChI is InChI=1S/C14H11N5/c15-8-11-2-4-12(5-3-11)17-9-13-10-19-7-1-6-16-14(19)18-13/h1-7,10,17H,9H2. The van der Waals surface area contributed by atoms with Crippen LogP contribution < -0.4 is 5.32 Å². The lowest BCUT2D eigenvalue weighted by Crippen LogP contribution is -1.99. The highest BCUT2D eigenvalue weighted by Crippen LogP contribution is 2.10. The summed E-state index contributed by atoms with van der Waals surface area (Å²) < 4.78 is 1.88. The molecular formula is C14H11N5. The number of aromatic nitrogens is 3. The number of hydrogen-bond donors (Lipinski definition) is 1. The molecule has 0 aliphatic heterocycles. The SMILES string of the molecule is N#Cc1ccc(NCc2cn3cccnc3n2)cc1. The van der Waals surface area contributed by atoms with E-state index in [1.54, 1.807) is 18.3 Å². The first-order valence-electron chi connectivity index (χ1n) is 5.88. The number of hydrogen-bond acceptors (Lipinski definition) is 4. The molecule has 3 aromatic rings. The molecule has 0 fully saturated rings. The molecule has 0 aliphatic rings. The van der Waals surface area contributed by atoms with Gasteiger partial charge >= 0.3 is 0 Å². The zero-order chi connectivity index (χ0) is 13.1. The zero-order valence-corrected chi connectivity index (χ0v) is 10.1. The topological polar surface area (TPSA) is 66.0 Å². The second-order valence-corrected chi connectivity index (χ2v) is 4.10. The third kappa shape index (κ3) is 2.38. The summed E-state index contributed by atoms with van der Waals surface area (Å²) in [5, 5.41) is 12.0. The third-order valence-electron chi connectivity index (χ3n) is 2.77. The molecule has 0 atom stereocenters. The minimum atomic E-state index is 0.620. The molecule has 0 amide bonds. The van der Waals surface area contributed by atoms with Gasteiger partial charge in [0.25, 0.3) is 0 Å². The molecule has 0 radical (unpaired) electrons. The molecule has 5 heteroatoms. The summed E-state index contributed by atoms with van der Waals surface area (Å²) in [6.07, 6.45) is 5.58. The van der Waals surface area contributed by atoms with E-state index in [1.165, 1.54) is 0 Å². The normalized spacial score (nSPS) is 10.3. The summed E-state index contributed by atoms with van der Waals surface area (Å²) in [5.41, 5.74) is 2.54. The highest BCUT2D eigenvalue weighted by molar-refractivity contribution is 5.47. The number of fused-ring (bicyclic) bond motifs is 1. The number of nitrogens with zero attached hydrogens (tertiary/aromatic N) is 4. The lowest BCUT2D eigenvalue weighted by atomic mass is 10.2. The minimum Gasteiger partial charge on any atom is -0.379 e. The number of nitriles is 1. The van der Waals surface area contributed by atoms with Gasteiger partial charge in [-0.3, -0.25) is 4.40 Å². The van der Waals surface area contributed by atoms with Crippen LogP contribution in [0.4, 0.5) is 5.69 Å². The van der Waals surface area contributed by atoms with Crippen LogP contribution in [0.2, 0.25) is 0 Å². The summed E-state index contributed by atoms with van der Waals surface area (Å²) in [6.45, 7) is 0.620. The first-order valence-corrected chi connectivity index (χ1v) is 5.88. The monoisotopic (exact) mass is 249 g/mol. The van der Waals surface area contributed by atoms with Crippen molar-refractivity contribution in [3.63, 3.8) is 0 Å². The molecule has 0 spiro atoms. The van der Waals surface area contributed by atoms with Crippen molar-refractivity contribution in [2.75, 3.05) is 5.32 Å². The molecule has 2 heterocycles. The van der Waals surface area contributed by atoms with Crippen molar-refractivity contribution in [3.8, 4) is 6.07 Å². The predicted octanol–water partition coefficient (Wildman–Crippen LogP) is 2.21. The van der Waals surface area contributed by atoms with Crippen LogP contribution in [0.5, 0.6) is 0 Å². The van der Waals surface area contributed by atoms with Gasteiger partial charge in [0.05, 0.1) is 23.9 Å². The Morgan fingerprint density at radius 1 is 1.26 bits per heavy atom. The van der Waals surface area contributed by atoms with E-state index >= 15 is 0 Å². The van der Waals surface area contributed by atoms with Gasteiger partial charge in [0.2, 0.25) is 5.78 Å². The van der Waals surface area contributed by atoms with Crippen LogP contribution in [0.25, 0.3) is 5.78 Å². The molecule has 0 unspecified atom stereocenters. The van der Waals surface area contributed by atoms with Crippen LogP contribution in [0, 0.1) is 11.3 Å². The molecule has 3 rings (SSSR count). The molecule has 0 aliphatic carbocycles. The van der Waals surface area contributed by atoms with Crippen molar-refractivity contribution in [3.05, 3.63) is 60.2 Å². The lowest BCUT2D eigenvalue weighted by molar-refractivity contribution is 1.08. The van der Waals surface area contributed by atoms with Crippen molar-refractivity contribution in [2.45, 2.75) is 6.54 Å². The van der Waals surface area contributed by atoms with Gasteiger partial charge in [-0.1, -0.05) is 0 Å². The Bertz CT molecular complexity index is 703. The van der Waals surface area contributed by atoms with Crippen molar-refractivity contribution < 1.29 is 0 Å². The summed E-state index contributed by atoms with van der Waals surface area (Å²) in [4.78, 5) is 8.57. The van der Waals surface area contributed by atoms with Crippen LogP contribution in [-0.2, 0) is 6.54 Å². The van der Waals surface area contributed by atoms with Crippen molar-refractivity contribution in [1.82, 2.24) is 14.4 Å². The Kier molecular flexibility index (Phi) is 2.83. The van der Waals surface area contributed by atoms with E-state index in [9.17, 15) is 0 Å². The van der Waals surface area contributed by atoms with Crippen LogP contribution in [0.15, 0.2) is 48.9 Å². The molecule has 19 heavy (non-hydrogen) atoms. The summed E-state index contributed by atoms with van der Waals surface area (Å²) in [5.74, 6) is 0.694. The maximum absolute atomic E-state index is 8.73. The van der Waals surface area contributed by atoms with E-state index in [1.807, 2.05) is 35.0 Å². The highest BCUT2D eigenvalue weighted by atomic mass is 15.1. The smallest absolute Gasteiger partial charge is 0.233 e. The lowest BCUT2D eigenvalue weighted by Gasteiger charge is -2.03. The zero-order valence-electron chi connectivity index (χ0n) is 10.1. The van der Waals surface area contributed by atoms with Gasteiger partial charge in [0, 0.05) is 24.3 Å². The minimum absolute atomic E-state index is 0.620. The van der Waals surface area contributed by atoms with Gasteiger partial charge in [-0.25, -0.2) is 9.97 Å². The molecule has 2 aromatic heterocycles. The van der Waals surface area contributed by atoms with Crippen molar-refractivity contribution in [1.29, 1.82) is 5.26 Å². The summed E-state index contributed by atoms with van der Waals surface area (Å²) in [7, 11) is 0. The molecule has 0 saturated heterocycles. The number of benzene rings is 1. The molecule has 1 N–H and O–H groups in total. The molecule has 5 nitrogen and oxygen atoms in total. The Balaban J connectivity index is 1.73. The van der Waals surface area contributed by atoms with Crippen LogP contribution in [-0.4, -0.2) is 14.4 Å². The van der Waals surface area contributed by atoms with Gasteiger partial charge in [0.15, 0.2) is 0 Å². The second-order valence-electron chi connectivity index (χ2n) is 4.10. The van der Waals surface area contributed by atoms with Crippen molar-refractivity contribution in [2.24, 2.45) is 0 Å². The van der Waals surface area contributed by atoms with Gasteiger partial charge in [-0.15, -0.1) is 0 Å². The van der Waals surface area contributed by atoms with Crippen molar-refractivity contribution >= 4 is 11.5 Å². The van der Waals surface area contributed by atoms with E-state index in [-0.39, 0.29) is 0 Å². The number of anilines is 1. The Labute approximate surface area is 110 Å². The highest BCUT2D eigenvalue weighted by Gasteiger charge is 2.01. The molecule has 0 saturated carbocycles. The van der Waals surface area contributed by atoms with Crippen LogP contribution >= 0.6 is 0 Å². The molecular weight excluding hydrogens is 238 g/mol. The number of imidazole rings is 1. The first kappa shape index (κ1) is 11.2. The van der Waals surface area contributed by atoms with Crippen LogP contribution in [0.3, 0.4) is 0 Å². The number of nitrogens with one attached hydrogen (secondary N) is 1. The Morgan fingerprint density at radius 2 is 2.11 bits per heavy atom. The van der Waals surface area contributed by atoms with E-state index in [0.717, 1.165) is 11.4 Å². The molecule has 0 bridgehead atoms. The maximum atomic E-state index is 8.73. The van der Waals surface area contributed by atoms with E-state index in [2.05, 4.69) is 21.4 Å². The van der Waals surface area contributed by atoms with E-state index in [0.29, 0.717) is 17.9 Å².